The molecular weight excluding hydrogens is 220 g/mol. The van der Waals surface area contributed by atoms with Gasteiger partial charge in [-0.3, -0.25) is 4.90 Å². The second kappa shape index (κ2) is 4.63. The molecule has 2 atom stereocenters. The third-order valence-electron chi connectivity index (χ3n) is 2.78. The average molecular weight is 236 g/mol. The van der Waals surface area contributed by atoms with Crippen molar-refractivity contribution in [2.24, 2.45) is 5.73 Å². The topological polar surface area (TPSA) is 64.8 Å². The van der Waals surface area contributed by atoms with Gasteiger partial charge in [-0.05, 0) is 20.2 Å². The SMILES string of the molecule is CN(C)C1CC(OC(N)=O)c2ccccc2O1. The Hall–Kier alpha value is -1.75. The van der Waals surface area contributed by atoms with E-state index in [0.717, 1.165) is 11.3 Å². The summed E-state index contributed by atoms with van der Waals surface area (Å²) < 4.78 is 10.9. The van der Waals surface area contributed by atoms with Crippen LogP contribution >= 0.6 is 0 Å². The molecule has 2 N–H and O–H groups in total. The number of primary amides is 1. The van der Waals surface area contributed by atoms with E-state index in [1.54, 1.807) is 0 Å². The molecule has 0 aromatic heterocycles. The molecule has 5 nitrogen and oxygen atoms in total. The van der Waals surface area contributed by atoms with Crippen LogP contribution < -0.4 is 10.5 Å². The lowest BCUT2D eigenvalue weighted by Gasteiger charge is -2.34. The highest BCUT2D eigenvalue weighted by Gasteiger charge is 2.31. The van der Waals surface area contributed by atoms with Crippen LogP contribution in [0.25, 0.3) is 0 Å². The van der Waals surface area contributed by atoms with Gasteiger partial charge in [-0.15, -0.1) is 0 Å². The number of hydrogen-bond acceptors (Lipinski definition) is 4. The Bertz CT molecular complexity index is 420. The maximum absolute atomic E-state index is 10.9. The van der Waals surface area contributed by atoms with Crippen molar-refractivity contribution in [1.29, 1.82) is 0 Å². The first-order valence-corrected chi connectivity index (χ1v) is 5.46. The lowest BCUT2D eigenvalue weighted by atomic mass is 10.0. The predicted molar refractivity (Wildman–Crippen MR) is 62.6 cm³/mol. The Morgan fingerprint density at radius 1 is 1.47 bits per heavy atom. The van der Waals surface area contributed by atoms with Gasteiger partial charge in [0.25, 0.3) is 0 Å². The summed E-state index contributed by atoms with van der Waals surface area (Å²) in [4.78, 5) is 12.8. The normalized spacial score (nSPS) is 22.8. The molecule has 0 bridgehead atoms. The molecule has 0 saturated heterocycles. The van der Waals surface area contributed by atoms with Crippen LogP contribution in [0.5, 0.6) is 5.75 Å². The largest absolute Gasteiger partial charge is 0.475 e. The van der Waals surface area contributed by atoms with E-state index in [0.29, 0.717) is 6.42 Å². The van der Waals surface area contributed by atoms with Gasteiger partial charge in [-0.25, -0.2) is 4.79 Å². The molecular formula is C12H16N2O3. The van der Waals surface area contributed by atoms with Gasteiger partial charge in [0, 0.05) is 12.0 Å². The highest BCUT2D eigenvalue weighted by Crippen LogP contribution is 2.37. The Morgan fingerprint density at radius 2 is 2.18 bits per heavy atom. The summed E-state index contributed by atoms with van der Waals surface area (Å²) in [5, 5.41) is 0. The number of nitrogens with zero attached hydrogens (tertiary/aromatic N) is 1. The molecule has 5 heteroatoms. The summed E-state index contributed by atoms with van der Waals surface area (Å²) >= 11 is 0. The maximum atomic E-state index is 10.9. The number of fused-ring (bicyclic) bond motifs is 1. The Kier molecular flexibility index (Phi) is 3.19. The van der Waals surface area contributed by atoms with Gasteiger partial charge in [-0.1, -0.05) is 18.2 Å². The van der Waals surface area contributed by atoms with E-state index >= 15 is 0 Å². The zero-order valence-corrected chi connectivity index (χ0v) is 9.92. The molecule has 92 valence electrons. The second-order valence-electron chi connectivity index (χ2n) is 4.24. The van der Waals surface area contributed by atoms with Crippen molar-refractivity contribution in [1.82, 2.24) is 4.90 Å². The number of hydrogen-bond donors (Lipinski definition) is 1. The van der Waals surface area contributed by atoms with Crippen molar-refractivity contribution >= 4 is 6.09 Å². The first-order valence-electron chi connectivity index (χ1n) is 5.46. The van der Waals surface area contributed by atoms with E-state index in [1.807, 2.05) is 43.3 Å². The van der Waals surface area contributed by atoms with Crippen LogP contribution in [-0.2, 0) is 4.74 Å². The molecule has 1 amide bonds. The molecule has 0 spiro atoms. The summed E-state index contributed by atoms with van der Waals surface area (Å²) in [5.74, 6) is 0.740. The molecule has 2 rings (SSSR count). The average Bonchev–Trinajstić information content (AvgIpc) is 2.28. The number of para-hydroxylation sites is 1. The zero-order chi connectivity index (χ0) is 12.4. The molecule has 1 aliphatic heterocycles. The number of rotatable bonds is 2. The molecule has 1 aromatic rings. The van der Waals surface area contributed by atoms with E-state index in [4.69, 9.17) is 15.2 Å². The molecule has 2 unspecified atom stereocenters. The van der Waals surface area contributed by atoms with Crippen LogP contribution in [0.15, 0.2) is 24.3 Å². The summed E-state index contributed by atoms with van der Waals surface area (Å²) in [5.41, 5.74) is 5.95. The highest BCUT2D eigenvalue weighted by molar-refractivity contribution is 5.65. The molecule has 1 aliphatic rings. The van der Waals surface area contributed by atoms with E-state index in [1.165, 1.54) is 0 Å². The minimum Gasteiger partial charge on any atom is -0.475 e. The monoisotopic (exact) mass is 236 g/mol. The van der Waals surface area contributed by atoms with Crippen LogP contribution in [0.1, 0.15) is 18.1 Å². The van der Waals surface area contributed by atoms with E-state index in [2.05, 4.69) is 0 Å². The quantitative estimate of drug-likeness (QED) is 0.845. The van der Waals surface area contributed by atoms with Gasteiger partial charge in [0.2, 0.25) is 0 Å². The first-order chi connectivity index (χ1) is 8.08. The molecule has 0 radical (unpaired) electrons. The Balaban J connectivity index is 2.28. The Labute approximate surface area is 100 Å². The van der Waals surface area contributed by atoms with Crippen LogP contribution in [-0.4, -0.2) is 31.3 Å². The third-order valence-corrected chi connectivity index (χ3v) is 2.78. The summed E-state index contributed by atoms with van der Waals surface area (Å²) in [6.45, 7) is 0. The van der Waals surface area contributed by atoms with Gasteiger partial charge < -0.3 is 15.2 Å². The number of nitrogens with two attached hydrogens (primary N) is 1. The third kappa shape index (κ3) is 2.50. The van der Waals surface area contributed by atoms with Crippen molar-refractivity contribution < 1.29 is 14.3 Å². The summed E-state index contributed by atoms with van der Waals surface area (Å²) in [6.07, 6.45) is -0.643. The summed E-state index contributed by atoms with van der Waals surface area (Å²) in [7, 11) is 3.83. The minimum atomic E-state index is -0.760. The number of amides is 1. The molecule has 1 aromatic carbocycles. The highest BCUT2D eigenvalue weighted by atomic mass is 16.6. The van der Waals surface area contributed by atoms with Crippen molar-refractivity contribution in [3.05, 3.63) is 29.8 Å². The molecule has 0 fully saturated rings. The number of carbonyl (C=O) groups excluding carboxylic acids is 1. The lowest BCUT2D eigenvalue weighted by molar-refractivity contribution is -0.0134. The van der Waals surface area contributed by atoms with E-state index in [-0.39, 0.29) is 12.3 Å². The van der Waals surface area contributed by atoms with Crippen LogP contribution in [0.4, 0.5) is 4.79 Å². The van der Waals surface area contributed by atoms with Gasteiger partial charge >= 0.3 is 6.09 Å². The van der Waals surface area contributed by atoms with Crippen LogP contribution in [0, 0.1) is 0 Å². The van der Waals surface area contributed by atoms with E-state index in [9.17, 15) is 4.79 Å². The van der Waals surface area contributed by atoms with Crippen molar-refractivity contribution in [2.45, 2.75) is 18.8 Å². The first kappa shape index (κ1) is 11.7. The second-order valence-corrected chi connectivity index (χ2v) is 4.24. The Morgan fingerprint density at radius 3 is 2.82 bits per heavy atom. The molecule has 0 saturated carbocycles. The number of benzene rings is 1. The predicted octanol–water partition coefficient (Wildman–Crippen LogP) is 1.49. The van der Waals surface area contributed by atoms with Gasteiger partial charge in [0.1, 0.15) is 11.9 Å². The minimum absolute atomic E-state index is 0.116. The van der Waals surface area contributed by atoms with Gasteiger partial charge in [0.15, 0.2) is 6.23 Å². The van der Waals surface area contributed by atoms with E-state index < -0.39 is 6.09 Å². The lowest BCUT2D eigenvalue weighted by Crippen LogP contribution is -2.39. The van der Waals surface area contributed by atoms with Gasteiger partial charge in [0.05, 0.1) is 0 Å². The maximum Gasteiger partial charge on any atom is 0.405 e. The zero-order valence-electron chi connectivity index (χ0n) is 9.92. The fraction of sp³-hybridized carbons (Fsp3) is 0.417. The van der Waals surface area contributed by atoms with Gasteiger partial charge in [-0.2, -0.15) is 0 Å². The fourth-order valence-electron chi connectivity index (χ4n) is 1.93. The van der Waals surface area contributed by atoms with Crippen molar-refractivity contribution in [2.75, 3.05) is 14.1 Å². The fourth-order valence-corrected chi connectivity index (χ4v) is 1.93. The van der Waals surface area contributed by atoms with Crippen LogP contribution in [0.3, 0.4) is 0 Å². The standard InChI is InChI=1S/C12H16N2O3/c1-14(2)11-7-10(17-12(13)15)8-5-3-4-6-9(8)16-11/h3-6,10-11H,7H2,1-2H3,(H2,13,15). The van der Waals surface area contributed by atoms with Crippen molar-refractivity contribution in [3.63, 3.8) is 0 Å². The molecule has 1 heterocycles. The smallest absolute Gasteiger partial charge is 0.405 e. The summed E-state index contributed by atoms with van der Waals surface area (Å²) in [6, 6.07) is 7.52. The number of ether oxygens (including phenoxy) is 2. The molecule has 0 aliphatic carbocycles. The van der Waals surface area contributed by atoms with Crippen molar-refractivity contribution in [3.8, 4) is 5.75 Å². The number of carbonyl (C=O) groups is 1. The van der Waals surface area contributed by atoms with Crippen LogP contribution in [0.2, 0.25) is 0 Å². The molecule has 17 heavy (non-hydrogen) atoms.